The molecule has 0 aromatic rings. The van der Waals surface area contributed by atoms with Crippen molar-refractivity contribution in [2.45, 2.75) is 71.4 Å². The van der Waals surface area contributed by atoms with Crippen LogP contribution in [-0.4, -0.2) is 54.1 Å². The second-order valence-electron chi connectivity index (χ2n) is 7.98. The molecule has 2 fully saturated rings. The number of nitrogens with two attached hydrogens (primary N) is 1. The molecule has 2 heterocycles. The minimum atomic E-state index is 0.283. The molecular weight excluding hydrogens is 258 g/mol. The first-order chi connectivity index (χ1) is 9.98. The molecule has 21 heavy (non-hydrogen) atoms. The van der Waals surface area contributed by atoms with E-state index in [9.17, 15) is 0 Å². The number of likely N-dealkylation sites (tertiary alicyclic amines) is 2. The first-order valence-electron chi connectivity index (χ1n) is 9.17. The van der Waals surface area contributed by atoms with Crippen molar-refractivity contribution < 1.29 is 0 Å². The standard InChI is InChI=1S/C18H37N3/c1-15(2)17-6-11-21(12-7-17)18(14-19)8-5-10-20(13-9-18)16(3)4/h15-17H,5-14,19H2,1-4H3. The maximum atomic E-state index is 6.29. The van der Waals surface area contributed by atoms with Gasteiger partial charge >= 0.3 is 0 Å². The summed E-state index contributed by atoms with van der Waals surface area (Å²) in [6, 6.07) is 0.672. The quantitative estimate of drug-likeness (QED) is 0.865. The molecule has 1 unspecified atom stereocenters. The van der Waals surface area contributed by atoms with Gasteiger partial charge in [0.2, 0.25) is 0 Å². The summed E-state index contributed by atoms with van der Waals surface area (Å²) in [4.78, 5) is 5.40. The van der Waals surface area contributed by atoms with Crippen molar-refractivity contribution >= 4 is 0 Å². The van der Waals surface area contributed by atoms with Gasteiger partial charge in [0.25, 0.3) is 0 Å². The molecule has 2 N–H and O–H groups in total. The van der Waals surface area contributed by atoms with E-state index in [1.54, 1.807) is 0 Å². The van der Waals surface area contributed by atoms with Crippen LogP contribution in [0.4, 0.5) is 0 Å². The Hall–Kier alpha value is -0.120. The van der Waals surface area contributed by atoms with Crippen LogP contribution in [0.25, 0.3) is 0 Å². The smallest absolute Gasteiger partial charge is 0.0344 e. The summed E-state index contributed by atoms with van der Waals surface area (Å²) in [7, 11) is 0. The number of hydrogen-bond acceptors (Lipinski definition) is 3. The van der Waals surface area contributed by atoms with Crippen LogP contribution in [0, 0.1) is 11.8 Å². The lowest BCUT2D eigenvalue weighted by molar-refractivity contribution is 0.0345. The van der Waals surface area contributed by atoms with Crippen LogP contribution >= 0.6 is 0 Å². The van der Waals surface area contributed by atoms with Gasteiger partial charge in [0, 0.05) is 24.7 Å². The summed E-state index contributed by atoms with van der Waals surface area (Å²) in [6.07, 6.45) is 6.59. The maximum absolute atomic E-state index is 6.29. The molecule has 0 radical (unpaired) electrons. The van der Waals surface area contributed by atoms with Crippen molar-refractivity contribution in [1.29, 1.82) is 0 Å². The van der Waals surface area contributed by atoms with E-state index in [-0.39, 0.29) is 5.54 Å². The largest absolute Gasteiger partial charge is 0.329 e. The van der Waals surface area contributed by atoms with Crippen molar-refractivity contribution in [2.75, 3.05) is 32.7 Å². The lowest BCUT2D eigenvalue weighted by Gasteiger charge is -2.47. The molecule has 0 amide bonds. The molecule has 0 aromatic carbocycles. The fourth-order valence-electron chi connectivity index (χ4n) is 4.41. The normalized spacial score (nSPS) is 31.0. The van der Waals surface area contributed by atoms with Gasteiger partial charge in [-0.25, -0.2) is 0 Å². The summed E-state index contributed by atoms with van der Waals surface area (Å²) in [5.74, 6) is 1.76. The van der Waals surface area contributed by atoms with Gasteiger partial charge < -0.3 is 10.6 Å². The molecular formula is C18H37N3. The van der Waals surface area contributed by atoms with Gasteiger partial charge in [-0.2, -0.15) is 0 Å². The van der Waals surface area contributed by atoms with Gasteiger partial charge in [0.15, 0.2) is 0 Å². The molecule has 2 rings (SSSR count). The topological polar surface area (TPSA) is 32.5 Å². The fourth-order valence-corrected chi connectivity index (χ4v) is 4.41. The molecule has 3 heteroatoms. The van der Waals surface area contributed by atoms with Gasteiger partial charge in [-0.05, 0) is 77.4 Å². The van der Waals surface area contributed by atoms with Crippen LogP contribution in [0.1, 0.15) is 59.8 Å². The van der Waals surface area contributed by atoms with E-state index >= 15 is 0 Å². The Morgan fingerprint density at radius 3 is 2.19 bits per heavy atom. The van der Waals surface area contributed by atoms with E-state index in [0.29, 0.717) is 6.04 Å². The zero-order chi connectivity index (χ0) is 15.5. The molecule has 124 valence electrons. The van der Waals surface area contributed by atoms with Crippen molar-refractivity contribution in [3.05, 3.63) is 0 Å². The number of rotatable bonds is 4. The molecule has 2 saturated heterocycles. The van der Waals surface area contributed by atoms with Gasteiger partial charge in [-0.15, -0.1) is 0 Å². The van der Waals surface area contributed by atoms with E-state index in [1.165, 1.54) is 58.3 Å². The van der Waals surface area contributed by atoms with E-state index in [4.69, 9.17) is 5.73 Å². The van der Waals surface area contributed by atoms with Crippen molar-refractivity contribution in [3.63, 3.8) is 0 Å². The lowest BCUT2D eigenvalue weighted by Crippen LogP contribution is -2.57. The van der Waals surface area contributed by atoms with E-state index in [0.717, 1.165) is 18.4 Å². The van der Waals surface area contributed by atoms with Crippen LogP contribution < -0.4 is 5.73 Å². The van der Waals surface area contributed by atoms with E-state index in [2.05, 4.69) is 37.5 Å². The summed E-state index contributed by atoms with van der Waals surface area (Å²) in [6.45, 7) is 15.2. The molecule has 0 bridgehead atoms. The van der Waals surface area contributed by atoms with Crippen LogP contribution in [0.15, 0.2) is 0 Å². The molecule has 2 aliphatic heterocycles. The molecule has 3 nitrogen and oxygen atoms in total. The highest BCUT2D eigenvalue weighted by Crippen LogP contribution is 2.34. The predicted molar refractivity (Wildman–Crippen MR) is 91.5 cm³/mol. The minimum Gasteiger partial charge on any atom is -0.329 e. The van der Waals surface area contributed by atoms with Crippen LogP contribution in [0.3, 0.4) is 0 Å². The number of nitrogens with zero attached hydrogens (tertiary/aromatic N) is 2. The predicted octanol–water partition coefficient (Wildman–Crippen LogP) is 2.95. The molecule has 0 aliphatic carbocycles. The van der Waals surface area contributed by atoms with Crippen LogP contribution in [0.5, 0.6) is 0 Å². The Morgan fingerprint density at radius 2 is 1.67 bits per heavy atom. The van der Waals surface area contributed by atoms with Gasteiger partial charge in [-0.1, -0.05) is 13.8 Å². The monoisotopic (exact) mass is 295 g/mol. The molecule has 0 aromatic heterocycles. The molecule has 0 spiro atoms. The number of hydrogen-bond donors (Lipinski definition) is 1. The van der Waals surface area contributed by atoms with Crippen LogP contribution in [0.2, 0.25) is 0 Å². The molecule has 0 saturated carbocycles. The summed E-state index contributed by atoms with van der Waals surface area (Å²) in [5.41, 5.74) is 6.58. The zero-order valence-electron chi connectivity index (χ0n) is 14.8. The third-order valence-electron chi connectivity index (χ3n) is 6.22. The Balaban J connectivity index is 1.98. The Kier molecular flexibility index (Phi) is 6.10. The minimum absolute atomic E-state index is 0.283. The molecule has 1 atom stereocenters. The summed E-state index contributed by atoms with van der Waals surface area (Å²) in [5, 5.41) is 0. The highest BCUT2D eigenvalue weighted by molar-refractivity contribution is 4.96. The first kappa shape index (κ1) is 17.2. The van der Waals surface area contributed by atoms with Crippen molar-refractivity contribution in [3.8, 4) is 0 Å². The van der Waals surface area contributed by atoms with Gasteiger partial charge in [0.05, 0.1) is 0 Å². The fraction of sp³-hybridized carbons (Fsp3) is 1.00. The Bertz CT molecular complexity index is 308. The first-order valence-corrected chi connectivity index (χ1v) is 9.17. The third-order valence-corrected chi connectivity index (χ3v) is 6.22. The third kappa shape index (κ3) is 4.00. The maximum Gasteiger partial charge on any atom is 0.0344 e. The Labute approximate surface area is 132 Å². The number of piperidine rings is 1. The highest BCUT2D eigenvalue weighted by atomic mass is 15.2. The average molecular weight is 296 g/mol. The van der Waals surface area contributed by atoms with Crippen molar-refractivity contribution in [2.24, 2.45) is 17.6 Å². The SMILES string of the molecule is CC(C)C1CCN(C2(CN)CCCN(C(C)C)CC2)CC1. The van der Waals surface area contributed by atoms with E-state index in [1.807, 2.05) is 0 Å². The van der Waals surface area contributed by atoms with Gasteiger partial charge in [-0.3, -0.25) is 4.90 Å². The second kappa shape index (κ2) is 7.43. The summed E-state index contributed by atoms with van der Waals surface area (Å²) >= 11 is 0. The summed E-state index contributed by atoms with van der Waals surface area (Å²) < 4.78 is 0. The molecule has 2 aliphatic rings. The Morgan fingerprint density at radius 1 is 1.00 bits per heavy atom. The van der Waals surface area contributed by atoms with Crippen molar-refractivity contribution in [1.82, 2.24) is 9.80 Å². The van der Waals surface area contributed by atoms with Crippen LogP contribution in [-0.2, 0) is 0 Å². The van der Waals surface area contributed by atoms with Gasteiger partial charge in [0.1, 0.15) is 0 Å². The average Bonchev–Trinajstić information content (AvgIpc) is 2.71. The lowest BCUT2D eigenvalue weighted by atomic mass is 9.82. The second-order valence-corrected chi connectivity index (χ2v) is 7.98. The highest BCUT2D eigenvalue weighted by Gasteiger charge is 2.39. The van der Waals surface area contributed by atoms with E-state index < -0.39 is 0 Å². The zero-order valence-corrected chi connectivity index (χ0v) is 14.8.